The van der Waals surface area contributed by atoms with Gasteiger partial charge in [0.25, 0.3) is 5.91 Å². The van der Waals surface area contributed by atoms with Gasteiger partial charge in [-0.05, 0) is 79.1 Å². The number of nitrogens with zero attached hydrogens (tertiary/aromatic N) is 2. The fourth-order valence-corrected chi connectivity index (χ4v) is 6.51. The minimum atomic E-state index is -0.993. The molecule has 2 aliphatic rings. The molecule has 12 heteroatoms. The molecule has 2 heterocycles. The number of thiocarbonyl (C=S) groups is 1. The van der Waals surface area contributed by atoms with Gasteiger partial charge in [0.15, 0.2) is 0 Å². The lowest BCUT2D eigenvalue weighted by Gasteiger charge is -2.26. The second-order valence-electron chi connectivity index (χ2n) is 10.5. The molecule has 1 amide bonds. The van der Waals surface area contributed by atoms with E-state index in [1.54, 1.807) is 17.0 Å². The number of morpholine rings is 1. The van der Waals surface area contributed by atoms with Crippen molar-refractivity contribution in [2.45, 2.75) is 13.3 Å². The van der Waals surface area contributed by atoms with Gasteiger partial charge >= 0.3 is 5.97 Å². The van der Waals surface area contributed by atoms with Gasteiger partial charge in [-0.3, -0.25) is 14.6 Å². The second kappa shape index (κ2) is 16.3. The van der Waals surface area contributed by atoms with Crippen molar-refractivity contribution < 1.29 is 33.6 Å². The number of carbonyl (C=O) groups excluding carboxylic acids is 1. The third kappa shape index (κ3) is 8.80. The molecule has 242 valence electrons. The second-order valence-corrected chi connectivity index (χ2v) is 12.6. The molecule has 1 N–H and O–H groups in total. The molecule has 46 heavy (non-hydrogen) atoms. The monoisotopic (exact) mass is 682 g/mol. The van der Waals surface area contributed by atoms with Gasteiger partial charge in [0.2, 0.25) is 0 Å². The van der Waals surface area contributed by atoms with Crippen LogP contribution in [0, 0.1) is 0 Å². The molecule has 2 fully saturated rings. The van der Waals surface area contributed by atoms with Gasteiger partial charge in [0, 0.05) is 31.7 Å². The van der Waals surface area contributed by atoms with Crippen molar-refractivity contribution in [3.8, 4) is 28.4 Å². The van der Waals surface area contributed by atoms with Crippen molar-refractivity contribution in [1.82, 2.24) is 9.80 Å². The van der Waals surface area contributed by atoms with Gasteiger partial charge in [-0.25, -0.2) is 4.79 Å². The predicted molar refractivity (Wildman–Crippen MR) is 184 cm³/mol. The highest BCUT2D eigenvalue weighted by molar-refractivity contribution is 8.26. The first-order chi connectivity index (χ1) is 22.3. The molecule has 0 spiro atoms. The first kappa shape index (κ1) is 33.7. The highest BCUT2D eigenvalue weighted by atomic mass is 35.5. The van der Waals surface area contributed by atoms with E-state index in [-0.39, 0.29) is 11.5 Å². The van der Waals surface area contributed by atoms with Crippen LogP contribution < -0.4 is 14.2 Å². The number of carbonyl (C=O) groups is 2. The summed E-state index contributed by atoms with van der Waals surface area (Å²) in [5, 5.41) is 9.58. The highest BCUT2D eigenvalue weighted by Crippen LogP contribution is 2.37. The largest absolute Gasteiger partial charge is 0.494 e. The number of hydrogen-bond donors (Lipinski definition) is 1. The number of aromatic carboxylic acids is 1. The summed E-state index contributed by atoms with van der Waals surface area (Å²) in [7, 11) is 0. The maximum absolute atomic E-state index is 13.5. The molecular weight excluding hydrogens is 648 g/mol. The summed E-state index contributed by atoms with van der Waals surface area (Å²) in [6, 6.07) is 17.8. The van der Waals surface area contributed by atoms with E-state index >= 15 is 0 Å². The molecule has 0 atom stereocenters. The van der Waals surface area contributed by atoms with E-state index in [4.69, 9.17) is 47.9 Å². The molecule has 9 nitrogen and oxygen atoms in total. The van der Waals surface area contributed by atoms with Gasteiger partial charge in [0.1, 0.15) is 28.2 Å². The number of carboxylic acid groups (broad SMARTS) is 1. The Bertz CT molecular complexity index is 1590. The van der Waals surface area contributed by atoms with E-state index in [1.807, 2.05) is 49.4 Å². The maximum atomic E-state index is 13.5. The van der Waals surface area contributed by atoms with Crippen LogP contribution in [0.1, 0.15) is 29.3 Å². The lowest BCUT2D eigenvalue weighted by Crippen LogP contribution is -2.38. The minimum Gasteiger partial charge on any atom is -0.494 e. The predicted octanol–water partition coefficient (Wildman–Crippen LogP) is 6.49. The number of halogens is 1. The van der Waals surface area contributed by atoms with Crippen LogP contribution in [0.2, 0.25) is 5.02 Å². The topological polar surface area (TPSA) is 97.8 Å². The lowest BCUT2D eigenvalue weighted by molar-refractivity contribution is -0.122. The fraction of sp³-hybridized carbons (Fsp3) is 0.324. The van der Waals surface area contributed by atoms with Crippen LogP contribution in [-0.4, -0.2) is 90.3 Å². The fourth-order valence-electron chi connectivity index (χ4n) is 4.98. The SMILES string of the molecule is CCOc1ccc(-c2ccc(OCCN3CCOCC3)c(C=C3SC(=S)N(CCCOc4ccc(C(=O)O)cc4)C3=O)c2)cc1Cl. The normalized spacial score (nSPS) is 16.2. The number of amides is 1. The van der Waals surface area contributed by atoms with Crippen LogP contribution in [0.5, 0.6) is 17.2 Å². The van der Waals surface area contributed by atoms with Crippen LogP contribution in [0.3, 0.4) is 0 Å². The Morgan fingerprint density at radius 2 is 1.70 bits per heavy atom. The van der Waals surface area contributed by atoms with Gasteiger partial charge < -0.3 is 24.1 Å². The Hall–Kier alpha value is -3.61. The lowest BCUT2D eigenvalue weighted by atomic mass is 10.0. The Kier molecular flexibility index (Phi) is 11.9. The van der Waals surface area contributed by atoms with Gasteiger partial charge in [-0.2, -0.15) is 0 Å². The van der Waals surface area contributed by atoms with Gasteiger partial charge in [-0.15, -0.1) is 0 Å². The molecular formula is C34H35ClN2O7S2. The molecule has 2 saturated heterocycles. The highest BCUT2D eigenvalue weighted by Gasteiger charge is 2.32. The molecule has 0 saturated carbocycles. The summed E-state index contributed by atoms with van der Waals surface area (Å²) < 4.78 is 23.5. The van der Waals surface area contributed by atoms with E-state index in [1.165, 1.54) is 23.9 Å². The van der Waals surface area contributed by atoms with Crippen LogP contribution in [0.15, 0.2) is 65.6 Å². The van der Waals surface area contributed by atoms with Crippen LogP contribution in [-0.2, 0) is 9.53 Å². The van der Waals surface area contributed by atoms with Crippen LogP contribution in [0.4, 0.5) is 0 Å². The zero-order valence-corrected chi connectivity index (χ0v) is 27.8. The number of ether oxygens (including phenoxy) is 4. The molecule has 3 aromatic rings. The van der Waals surface area contributed by atoms with E-state index in [2.05, 4.69) is 4.90 Å². The number of thioether (sulfide) groups is 1. The molecule has 5 rings (SSSR count). The van der Waals surface area contributed by atoms with Crippen LogP contribution >= 0.6 is 35.6 Å². The number of carboxylic acids is 1. The average molecular weight is 683 g/mol. The average Bonchev–Trinajstić information content (AvgIpc) is 3.32. The van der Waals surface area contributed by atoms with Gasteiger partial charge in [0.05, 0.1) is 41.9 Å². The summed E-state index contributed by atoms with van der Waals surface area (Å²) in [4.78, 5) is 28.9. The Morgan fingerprint density at radius 1 is 0.978 bits per heavy atom. The molecule has 0 aliphatic carbocycles. The Morgan fingerprint density at radius 3 is 2.39 bits per heavy atom. The summed E-state index contributed by atoms with van der Waals surface area (Å²) >= 11 is 13.3. The van der Waals surface area contributed by atoms with Crippen molar-refractivity contribution >= 4 is 57.9 Å². The van der Waals surface area contributed by atoms with E-state index in [9.17, 15) is 9.59 Å². The van der Waals surface area contributed by atoms with Crippen molar-refractivity contribution in [2.24, 2.45) is 0 Å². The summed E-state index contributed by atoms with van der Waals surface area (Å²) in [5.41, 5.74) is 2.78. The van der Waals surface area contributed by atoms with Crippen molar-refractivity contribution in [2.75, 3.05) is 59.2 Å². The Labute approximate surface area is 283 Å². The van der Waals surface area contributed by atoms with Gasteiger partial charge in [-0.1, -0.05) is 47.7 Å². The molecule has 0 unspecified atom stereocenters. The third-order valence-electron chi connectivity index (χ3n) is 7.40. The molecule has 2 aliphatic heterocycles. The van der Waals surface area contributed by atoms with E-state index in [0.29, 0.717) is 64.3 Å². The maximum Gasteiger partial charge on any atom is 0.335 e. The van der Waals surface area contributed by atoms with E-state index in [0.717, 1.165) is 49.5 Å². The first-order valence-corrected chi connectivity index (χ1v) is 16.6. The summed E-state index contributed by atoms with van der Waals surface area (Å²) in [6.45, 7) is 7.62. The smallest absolute Gasteiger partial charge is 0.335 e. The number of hydrogen-bond acceptors (Lipinski definition) is 9. The van der Waals surface area contributed by atoms with Crippen molar-refractivity contribution in [1.29, 1.82) is 0 Å². The van der Waals surface area contributed by atoms with E-state index < -0.39 is 5.97 Å². The minimum absolute atomic E-state index is 0.172. The summed E-state index contributed by atoms with van der Waals surface area (Å²) in [6.07, 6.45) is 2.38. The summed E-state index contributed by atoms with van der Waals surface area (Å²) in [5.74, 6) is 0.690. The molecule has 0 aromatic heterocycles. The molecule has 0 bridgehead atoms. The van der Waals surface area contributed by atoms with Crippen molar-refractivity contribution in [3.05, 3.63) is 81.7 Å². The number of benzene rings is 3. The first-order valence-electron chi connectivity index (χ1n) is 15.0. The molecule has 3 aromatic carbocycles. The van der Waals surface area contributed by atoms with Crippen LogP contribution in [0.25, 0.3) is 17.2 Å². The molecule has 0 radical (unpaired) electrons. The third-order valence-corrected chi connectivity index (χ3v) is 9.07. The number of rotatable bonds is 14. The van der Waals surface area contributed by atoms with Crippen molar-refractivity contribution in [3.63, 3.8) is 0 Å². The zero-order chi connectivity index (χ0) is 32.5. The standard InChI is InChI=1S/C34H35ClN2O7S2/c1-2-42-30-11-7-25(21-28(30)35)24-6-10-29(44-19-15-36-13-17-41-18-14-36)26(20-24)22-31-32(38)37(34(45)46-31)12-3-16-43-27-8-4-23(5-9-27)33(39)40/h4-11,20-22H,2-3,12-19H2,1H3,(H,39,40). The zero-order valence-electron chi connectivity index (χ0n) is 25.4. The Balaban J connectivity index is 1.29. The quantitative estimate of drug-likeness (QED) is 0.116.